The largest absolute Gasteiger partial charge is 0.366 e. The Morgan fingerprint density at radius 2 is 2.31 bits per heavy atom. The average Bonchev–Trinajstić information content (AvgIpc) is 3.13. The Morgan fingerprint density at radius 3 is 2.88 bits per heavy atom. The molecule has 2 rings (SSSR count). The standard InChI is InChI=1S/C12H22N2O2/c1-2-6-14(9-10-3-4-10)12(15)11-8-13-5-7-16-11/h10-11,13H,2-9H2,1H3. The van der Waals surface area contributed by atoms with E-state index in [4.69, 9.17) is 4.74 Å². The SMILES string of the molecule is CCCN(CC1CC1)C(=O)C1CNCCO1. The summed E-state index contributed by atoms with van der Waals surface area (Å²) in [5, 5.41) is 3.21. The van der Waals surface area contributed by atoms with Crippen LogP contribution < -0.4 is 5.32 Å². The van der Waals surface area contributed by atoms with Gasteiger partial charge < -0.3 is 15.0 Å². The van der Waals surface area contributed by atoms with Gasteiger partial charge in [-0.1, -0.05) is 6.92 Å². The lowest BCUT2D eigenvalue weighted by Crippen LogP contribution is -2.50. The minimum Gasteiger partial charge on any atom is -0.366 e. The second-order valence-corrected chi connectivity index (χ2v) is 4.79. The van der Waals surface area contributed by atoms with Gasteiger partial charge in [0.15, 0.2) is 0 Å². The van der Waals surface area contributed by atoms with Gasteiger partial charge in [-0.05, 0) is 25.2 Å². The van der Waals surface area contributed by atoms with E-state index in [0.717, 1.165) is 32.0 Å². The van der Waals surface area contributed by atoms with Crippen molar-refractivity contribution in [1.82, 2.24) is 10.2 Å². The number of carbonyl (C=O) groups excluding carboxylic acids is 1. The minimum atomic E-state index is -0.251. The number of carbonyl (C=O) groups is 1. The van der Waals surface area contributed by atoms with Crippen molar-refractivity contribution in [3.8, 4) is 0 Å². The second-order valence-electron chi connectivity index (χ2n) is 4.79. The van der Waals surface area contributed by atoms with Crippen molar-refractivity contribution in [2.45, 2.75) is 32.3 Å². The number of nitrogens with zero attached hydrogens (tertiary/aromatic N) is 1. The first-order valence-corrected chi connectivity index (χ1v) is 6.42. The van der Waals surface area contributed by atoms with Crippen molar-refractivity contribution < 1.29 is 9.53 Å². The normalized spacial score (nSPS) is 25.4. The molecule has 2 aliphatic rings. The van der Waals surface area contributed by atoms with Crippen LogP contribution in [-0.4, -0.2) is 49.7 Å². The molecular weight excluding hydrogens is 204 g/mol. The molecule has 4 heteroatoms. The van der Waals surface area contributed by atoms with Gasteiger partial charge in [-0.3, -0.25) is 4.79 Å². The lowest BCUT2D eigenvalue weighted by atomic mass is 10.2. The Balaban J connectivity index is 1.86. The number of rotatable bonds is 5. The number of amides is 1. The van der Waals surface area contributed by atoms with Crippen LogP contribution in [0.2, 0.25) is 0 Å². The molecule has 1 aliphatic heterocycles. The van der Waals surface area contributed by atoms with E-state index in [0.29, 0.717) is 13.2 Å². The van der Waals surface area contributed by atoms with Gasteiger partial charge in [-0.2, -0.15) is 0 Å². The fourth-order valence-corrected chi connectivity index (χ4v) is 2.10. The van der Waals surface area contributed by atoms with E-state index < -0.39 is 0 Å². The summed E-state index contributed by atoms with van der Waals surface area (Å²) in [6, 6.07) is 0. The van der Waals surface area contributed by atoms with E-state index in [2.05, 4.69) is 12.2 Å². The maximum absolute atomic E-state index is 12.2. The van der Waals surface area contributed by atoms with Crippen LogP contribution in [0, 0.1) is 5.92 Å². The predicted molar refractivity (Wildman–Crippen MR) is 62.2 cm³/mol. The van der Waals surface area contributed by atoms with Gasteiger partial charge in [0.1, 0.15) is 6.10 Å². The Morgan fingerprint density at radius 1 is 1.50 bits per heavy atom. The van der Waals surface area contributed by atoms with Crippen molar-refractivity contribution in [2.24, 2.45) is 5.92 Å². The molecule has 1 N–H and O–H groups in total. The first-order valence-electron chi connectivity index (χ1n) is 6.42. The summed E-state index contributed by atoms with van der Waals surface area (Å²) in [4.78, 5) is 14.2. The van der Waals surface area contributed by atoms with E-state index in [1.54, 1.807) is 0 Å². The molecule has 16 heavy (non-hydrogen) atoms. The third-order valence-corrected chi connectivity index (χ3v) is 3.18. The quantitative estimate of drug-likeness (QED) is 0.747. The first kappa shape index (κ1) is 11.9. The number of ether oxygens (including phenoxy) is 1. The van der Waals surface area contributed by atoms with Gasteiger partial charge in [-0.15, -0.1) is 0 Å². The van der Waals surface area contributed by atoms with E-state index >= 15 is 0 Å². The van der Waals surface area contributed by atoms with Crippen molar-refractivity contribution >= 4 is 5.91 Å². The van der Waals surface area contributed by atoms with Gasteiger partial charge >= 0.3 is 0 Å². The van der Waals surface area contributed by atoms with Gasteiger partial charge in [0, 0.05) is 26.2 Å². The molecule has 0 aromatic rings. The molecule has 0 spiro atoms. The van der Waals surface area contributed by atoms with E-state index in [-0.39, 0.29) is 12.0 Å². The smallest absolute Gasteiger partial charge is 0.253 e. The topological polar surface area (TPSA) is 41.6 Å². The summed E-state index contributed by atoms with van der Waals surface area (Å²) in [5.74, 6) is 0.938. The zero-order valence-corrected chi connectivity index (χ0v) is 10.1. The maximum atomic E-state index is 12.2. The summed E-state index contributed by atoms with van der Waals surface area (Å²) in [6.45, 7) is 6.11. The lowest BCUT2D eigenvalue weighted by molar-refractivity contribution is -0.145. The number of hydrogen-bond donors (Lipinski definition) is 1. The fraction of sp³-hybridized carbons (Fsp3) is 0.917. The predicted octanol–water partition coefficient (Wildman–Crippen LogP) is 0.623. The zero-order valence-electron chi connectivity index (χ0n) is 10.1. The van der Waals surface area contributed by atoms with Gasteiger partial charge in [0.25, 0.3) is 5.91 Å². The molecule has 0 bridgehead atoms. The van der Waals surface area contributed by atoms with E-state index in [1.807, 2.05) is 4.90 Å². The van der Waals surface area contributed by atoms with Crippen LogP contribution in [0.1, 0.15) is 26.2 Å². The molecule has 0 aromatic carbocycles. The summed E-state index contributed by atoms with van der Waals surface area (Å²) in [6.07, 6.45) is 3.35. The van der Waals surface area contributed by atoms with Gasteiger partial charge in [0.05, 0.1) is 6.61 Å². The third kappa shape index (κ3) is 3.19. The molecule has 2 fully saturated rings. The molecule has 1 heterocycles. The number of morpholine rings is 1. The van der Waals surface area contributed by atoms with Crippen LogP contribution >= 0.6 is 0 Å². The summed E-state index contributed by atoms with van der Waals surface area (Å²) >= 11 is 0. The van der Waals surface area contributed by atoms with Crippen LogP contribution in [0.5, 0.6) is 0 Å². The highest BCUT2D eigenvalue weighted by Gasteiger charge is 2.31. The molecule has 4 nitrogen and oxygen atoms in total. The zero-order chi connectivity index (χ0) is 11.4. The molecule has 1 amide bonds. The monoisotopic (exact) mass is 226 g/mol. The van der Waals surface area contributed by atoms with E-state index in [1.165, 1.54) is 12.8 Å². The van der Waals surface area contributed by atoms with Crippen LogP contribution in [0.4, 0.5) is 0 Å². The number of nitrogens with one attached hydrogen (secondary N) is 1. The van der Waals surface area contributed by atoms with Crippen LogP contribution in [0.3, 0.4) is 0 Å². The van der Waals surface area contributed by atoms with Crippen LogP contribution in [0.15, 0.2) is 0 Å². The molecule has 1 saturated heterocycles. The summed E-state index contributed by atoms with van der Waals surface area (Å²) in [7, 11) is 0. The highest BCUT2D eigenvalue weighted by atomic mass is 16.5. The first-order chi connectivity index (χ1) is 7.81. The second kappa shape index (κ2) is 5.64. The molecule has 1 unspecified atom stereocenters. The Kier molecular flexibility index (Phi) is 4.18. The maximum Gasteiger partial charge on any atom is 0.253 e. The Labute approximate surface area is 97.3 Å². The molecule has 1 aliphatic carbocycles. The third-order valence-electron chi connectivity index (χ3n) is 3.18. The lowest BCUT2D eigenvalue weighted by Gasteiger charge is -2.29. The highest BCUT2D eigenvalue weighted by molar-refractivity contribution is 5.81. The van der Waals surface area contributed by atoms with Crippen LogP contribution in [-0.2, 0) is 9.53 Å². The fourth-order valence-electron chi connectivity index (χ4n) is 2.10. The van der Waals surface area contributed by atoms with Crippen molar-refractivity contribution in [3.05, 3.63) is 0 Å². The Hall–Kier alpha value is -0.610. The van der Waals surface area contributed by atoms with E-state index in [9.17, 15) is 4.79 Å². The van der Waals surface area contributed by atoms with Crippen molar-refractivity contribution in [2.75, 3.05) is 32.8 Å². The molecule has 1 saturated carbocycles. The van der Waals surface area contributed by atoms with Crippen molar-refractivity contribution in [3.63, 3.8) is 0 Å². The van der Waals surface area contributed by atoms with Crippen molar-refractivity contribution in [1.29, 1.82) is 0 Å². The molecular formula is C12H22N2O2. The van der Waals surface area contributed by atoms with Gasteiger partial charge in [0.2, 0.25) is 0 Å². The molecule has 92 valence electrons. The molecule has 1 atom stereocenters. The Bertz CT molecular complexity index is 235. The molecule has 0 aromatic heterocycles. The summed E-state index contributed by atoms with van der Waals surface area (Å²) < 4.78 is 5.52. The van der Waals surface area contributed by atoms with Crippen LogP contribution in [0.25, 0.3) is 0 Å². The van der Waals surface area contributed by atoms with Gasteiger partial charge in [-0.25, -0.2) is 0 Å². The number of hydrogen-bond acceptors (Lipinski definition) is 3. The summed E-state index contributed by atoms with van der Waals surface area (Å²) in [5.41, 5.74) is 0. The highest BCUT2D eigenvalue weighted by Crippen LogP contribution is 2.30. The molecule has 0 radical (unpaired) electrons. The average molecular weight is 226 g/mol. The minimum absolute atomic E-state index is 0.181.